The SMILES string of the molecule is CCN(CC(=O)Nc1ccc2c(c1)OCCO2)C(=O)c1cc(N)ccc1C. The van der Waals surface area contributed by atoms with Crippen LogP contribution in [-0.4, -0.2) is 43.0 Å². The third kappa shape index (κ3) is 4.31. The van der Waals surface area contributed by atoms with Crippen LogP contribution in [0.15, 0.2) is 36.4 Å². The summed E-state index contributed by atoms with van der Waals surface area (Å²) in [6, 6.07) is 10.4. The molecule has 0 saturated heterocycles. The number of aryl methyl sites for hydroxylation is 1. The summed E-state index contributed by atoms with van der Waals surface area (Å²) in [5, 5.41) is 2.80. The summed E-state index contributed by atoms with van der Waals surface area (Å²) in [5.41, 5.74) is 8.22. The average Bonchev–Trinajstić information content (AvgIpc) is 2.67. The number of amides is 2. The van der Waals surface area contributed by atoms with E-state index in [9.17, 15) is 9.59 Å². The quantitative estimate of drug-likeness (QED) is 0.790. The smallest absolute Gasteiger partial charge is 0.254 e. The lowest BCUT2D eigenvalue weighted by molar-refractivity contribution is -0.116. The first-order valence-electron chi connectivity index (χ1n) is 8.83. The van der Waals surface area contributed by atoms with Gasteiger partial charge in [0.25, 0.3) is 5.91 Å². The largest absolute Gasteiger partial charge is 0.486 e. The molecule has 2 amide bonds. The molecule has 1 heterocycles. The molecule has 3 N–H and O–H groups in total. The maximum atomic E-state index is 12.8. The van der Waals surface area contributed by atoms with E-state index in [1.807, 2.05) is 13.8 Å². The van der Waals surface area contributed by atoms with Crippen molar-refractivity contribution in [1.29, 1.82) is 0 Å². The monoisotopic (exact) mass is 369 g/mol. The van der Waals surface area contributed by atoms with Crippen molar-refractivity contribution in [3.05, 3.63) is 47.5 Å². The molecular formula is C20H23N3O4. The Morgan fingerprint density at radius 3 is 2.59 bits per heavy atom. The first-order chi connectivity index (χ1) is 13.0. The molecule has 0 radical (unpaired) electrons. The zero-order valence-electron chi connectivity index (χ0n) is 15.5. The summed E-state index contributed by atoms with van der Waals surface area (Å²) in [6.45, 7) is 5.00. The van der Waals surface area contributed by atoms with Crippen molar-refractivity contribution in [2.75, 3.05) is 37.4 Å². The molecule has 1 aliphatic rings. The highest BCUT2D eigenvalue weighted by Gasteiger charge is 2.20. The van der Waals surface area contributed by atoms with E-state index in [1.54, 1.807) is 36.4 Å². The number of carbonyl (C=O) groups excluding carboxylic acids is 2. The summed E-state index contributed by atoms with van der Waals surface area (Å²) < 4.78 is 11.0. The standard InChI is InChI=1S/C20H23N3O4/c1-3-23(20(25)16-10-14(21)5-4-13(16)2)12-19(24)22-15-6-7-17-18(11-15)27-9-8-26-17/h4-7,10-11H,3,8-9,12,21H2,1-2H3,(H,22,24). The molecule has 1 aliphatic heterocycles. The van der Waals surface area contributed by atoms with Gasteiger partial charge in [0.15, 0.2) is 11.5 Å². The second-order valence-electron chi connectivity index (χ2n) is 6.30. The van der Waals surface area contributed by atoms with Gasteiger partial charge in [-0.1, -0.05) is 6.07 Å². The highest BCUT2D eigenvalue weighted by molar-refractivity contribution is 6.00. The lowest BCUT2D eigenvalue weighted by atomic mass is 10.1. The molecule has 0 saturated carbocycles. The molecule has 0 bridgehead atoms. The molecule has 142 valence electrons. The molecule has 7 nitrogen and oxygen atoms in total. The zero-order chi connectivity index (χ0) is 19.4. The van der Waals surface area contributed by atoms with E-state index >= 15 is 0 Å². The first-order valence-corrected chi connectivity index (χ1v) is 8.83. The van der Waals surface area contributed by atoms with E-state index in [1.165, 1.54) is 4.90 Å². The topological polar surface area (TPSA) is 93.9 Å². The number of nitrogens with one attached hydrogen (secondary N) is 1. The third-order valence-corrected chi connectivity index (χ3v) is 4.32. The van der Waals surface area contributed by atoms with Crippen LogP contribution in [0.2, 0.25) is 0 Å². The van der Waals surface area contributed by atoms with Gasteiger partial charge in [0.1, 0.15) is 19.8 Å². The summed E-state index contributed by atoms with van der Waals surface area (Å²) in [7, 11) is 0. The fourth-order valence-electron chi connectivity index (χ4n) is 2.86. The maximum absolute atomic E-state index is 12.8. The fourth-order valence-corrected chi connectivity index (χ4v) is 2.86. The van der Waals surface area contributed by atoms with Crippen LogP contribution in [0.4, 0.5) is 11.4 Å². The van der Waals surface area contributed by atoms with Crippen molar-refractivity contribution in [3.8, 4) is 11.5 Å². The summed E-state index contributed by atoms with van der Waals surface area (Å²) in [5.74, 6) is 0.739. The number of nitrogen functional groups attached to an aromatic ring is 1. The molecule has 27 heavy (non-hydrogen) atoms. The minimum atomic E-state index is -0.288. The van der Waals surface area contributed by atoms with Gasteiger partial charge in [-0.25, -0.2) is 0 Å². The molecule has 0 unspecified atom stereocenters. The highest BCUT2D eigenvalue weighted by Crippen LogP contribution is 2.32. The second kappa shape index (κ2) is 7.99. The molecule has 3 rings (SSSR count). The second-order valence-corrected chi connectivity index (χ2v) is 6.30. The van der Waals surface area contributed by atoms with Gasteiger partial charge in [-0.2, -0.15) is 0 Å². The number of nitrogens with two attached hydrogens (primary N) is 1. The molecule has 2 aromatic rings. The predicted octanol–water partition coefficient (Wildman–Crippen LogP) is 2.45. The molecule has 7 heteroatoms. The molecule has 0 aliphatic carbocycles. The van der Waals surface area contributed by atoms with Gasteiger partial charge in [-0.15, -0.1) is 0 Å². The van der Waals surface area contributed by atoms with Crippen LogP contribution >= 0.6 is 0 Å². The normalized spacial score (nSPS) is 12.4. The van der Waals surface area contributed by atoms with Gasteiger partial charge < -0.3 is 25.4 Å². The van der Waals surface area contributed by atoms with Gasteiger partial charge in [0.2, 0.25) is 5.91 Å². The van der Waals surface area contributed by atoms with E-state index in [0.29, 0.717) is 48.2 Å². The van der Waals surface area contributed by atoms with Gasteiger partial charge >= 0.3 is 0 Å². The number of anilines is 2. The van der Waals surface area contributed by atoms with Crippen LogP contribution in [0.25, 0.3) is 0 Å². The number of hydrogen-bond donors (Lipinski definition) is 2. The van der Waals surface area contributed by atoms with Gasteiger partial charge in [-0.05, 0) is 43.7 Å². The number of nitrogens with zero attached hydrogens (tertiary/aromatic N) is 1. The number of hydrogen-bond acceptors (Lipinski definition) is 5. The highest BCUT2D eigenvalue weighted by atomic mass is 16.6. The van der Waals surface area contributed by atoms with Crippen molar-refractivity contribution < 1.29 is 19.1 Å². The Morgan fingerprint density at radius 1 is 1.11 bits per heavy atom. The van der Waals surface area contributed by atoms with E-state index in [4.69, 9.17) is 15.2 Å². The zero-order valence-corrected chi connectivity index (χ0v) is 15.5. The minimum absolute atomic E-state index is 0.0575. The van der Waals surface area contributed by atoms with E-state index in [0.717, 1.165) is 5.56 Å². The van der Waals surface area contributed by atoms with Crippen LogP contribution in [0.1, 0.15) is 22.8 Å². The van der Waals surface area contributed by atoms with Crippen molar-refractivity contribution in [2.24, 2.45) is 0 Å². The van der Waals surface area contributed by atoms with Crippen LogP contribution in [0, 0.1) is 6.92 Å². The van der Waals surface area contributed by atoms with Crippen LogP contribution < -0.4 is 20.5 Å². The lowest BCUT2D eigenvalue weighted by Gasteiger charge is -2.22. The predicted molar refractivity (Wildman–Crippen MR) is 103 cm³/mol. The Balaban J connectivity index is 1.68. The van der Waals surface area contributed by atoms with Crippen molar-refractivity contribution in [3.63, 3.8) is 0 Å². The Kier molecular flexibility index (Phi) is 5.49. The average molecular weight is 369 g/mol. The molecule has 0 spiro atoms. The third-order valence-electron chi connectivity index (χ3n) is 4.32. The van der Waals surface area contributed by atoms with Gasteiger partial charge in [-0.3, -0.25) is 9.59 Å². The number of carbonyl (C=O) groups is 2. The Morgan fingerprint density at radius 2 is 1.85 bits per heavy atom. The van der Waals surface area contributed by atoms with Crippen LogP contribution in [0.5, 0.6) is 11.5 Å². The van der Waals surface area contributed by atoms with Crippen LogP contribution in [0.3, 0.4) is 0 Å². The Hall–Kier alpha value is -3.22. The molecule has 0 fully saturated rings. The van der Waals surface area contributed by atoms with E-state index < -0.39 is 0 Å². The van der Waals surface area contributed by atoms with Gasteiger partial charge in [0.05, 0.1) is 0 Å². The number of ether oxygens (including phenoxy) is 2. The van der Waals surface area contributed by atoms with Crippen molar-refractivity contribution in [2.45, 2.75) is 13.8 Å². The van der Waals surface area contributed by atoms with Crippen molar-refractivity contribution in [1.82, 2.24) is 4.90 Å². The fraction of sp³-hybridized carbons (Fsp3) is 0.300. The van der Waals surface area contributed by atoms with E-state index in [-0.39, 0.29) is 18.4 Å². The number of likely N-dealkylation sites (N-methyl/N-ethyl adjacent to an activating group) is 1. The number of benzene rings is 2. The summed E-state index contributed by atoms with van der Waals surface area (Å²) >= 11 is 0. The summed E-state index contributed by atoms with van der Waals surface area (Å²) in [6.07, 6.45) is 0. The first kappa shape index (κ1) is 18.6. The summed E-state index contributed by atoms with van der Waals surface area (Å²) in [4.78, 5) is 26.7. The molecule has 0 aromatic heterocycles. The van der Waals surface area contributed by atoms with Crippen molar-refractivity contribution >= 4 is 23.2 Å². The number of rotatable bonds is 5. The van der Waals surface area contributed by atoms with Gasteiger partial charge in [0, 0.05) is 29.5 Å². The Labute approximate surface area is 158 Å². The maximum Gasteiger partial charge on any atom is 0.254 e. The Bertz CT molecular complexity index is 866. The lowest BCUT2D eigenvalue weighted by Crippen LogP contribution is -2.38. The molecule has 2 aromatic carbocycles. The minimum Gasteiger partial charge on any atom is -0.486 e. The molecular weight excluding hydrogens is 346 g/mol. The van der Waals surface area contributed by atoms with Crippen LogP contribution in [-0.2, 0) is 4.79 Å². The molecule has 0 atom stereocenters. The number of fused-ring (bicyclic) bond motifs is 1. The van der Waals surface area contributed by atoms with E-state index in [2.05, 4.69) is 5.32 Å².